The Morgan fingerprint density at radius 2 is 1.76 bits per heavy atom. The fraction of sp³-hybridized carbons (Fsp3) is 0.231. The lowest BCUT2D eigenvalue weighted by Crippen LogP contribution is -2.13. The minimum absolute atomic E-state index is 0.478. The number of hydrogen-bond acceptors (Lipinski definition) is 4. The molecular weight excluding hydrogens is 212 g/mol. The molecule has 0 atom stereocenters. The molecule has 0 aliphatic carbocycles. The summed E-state index contributed by atoms with van der Waals surface area (Å²) < 4.78 is 0. The Kier molecular flexibility index (Phi) is 2.95. The summed E-state index contributed by atoms with van der Waals surface area (Å²) in [7, 11) is 1.93. The van der Waals surface area contributed by atoms with Gasteiger partial charge in [-0.05, 0) is 43.2 Å². The van der Waals surface area contributed by atoms with E-state index >= 15 is 0 Å². The molecule has 0 amide bonds. The molecule has 4 nitrogen and oxygen atoms in total. The van der Waals surface area contributed by atoms with E-state index in [0.717, 1.165) is 5.69 Å². The number of hydrogen-bond donors (Lipinski definition) is 1. The van der Waals surface area contributed by atoms with Crippen LogP contribution in [0.5, 0.6) is 0 Å². The number of rotatable bonds is 2. The van der Waals surface area contributed by atoms with Crippen molar-refractivity contribution >= 4 is 17.5 Å². The van der Waals surface area contributed by atoms with E-state index in [0.29, 0.717) is 11.8 Å². The van der Waals surface area contributed by atoms with E-state index in [-0.39, 0.29) is 0 Å². The molecule has 2 aromatic rings. The number of nitrogens with zero attached hydrogens (tertiary/aromatic N) is 3. The fourth-order valence-electron chi connectivity index (χ4n) is 1.78. The molecule has 0 spiro atoms. The number of nitrogens with two attached hydrogens (primary N) is 1. The van der Waals surface area contributed by atoms with Gasteiger partial charge in [0.15, 0.2) is 0 Å². The second kappa shape index (κ2) is 4.41. The van der Waals surface area contributed by atoms with Gasteiger partial charge in [0.1, 0.15) is 5.82 Å². The Bertz CT molecular complexity index is 516. The molecule has 1 aromatic heterocycles. The lowest BCUT2D eigenvalue weighted by Gasteiger charge is -2.18. The van der Waals surface area contributed by atoms with E-state index < -0.39 is 0 Å². The predicted octanol–water partition coefficient (Wildman–Crippen LogP) is 2.44. The van der Waals surface area contributed by atoms with Gasteiger partial charge in [0.25, 0.3) is 0 Å². The zero-order valence-corrected chi connectivity index (χ0v) is 10.3. The van der Waals surface area contributed by atoms with Crippen LogP contribution in [0.2, 0.25) is 0 Å². The fourth-order valence-corrected chi connectivity index (χ4v) is 1.78. The van der Waals surface area contributed by atoms with Crippen molar-refractivity contribution in [2.24, 2.45) is 0 Å². The minimum Gasteiger partial charge on any atom is -0.384 e. The quantitative estimate of drug-likeness (QED) is 0.857. The van der Waals surface area contributed by atoms with E-state index in [1.807, 2.05) is 11.9 Å². The summed E-state index contributed by atoms with van der Waals surface area (Å²) in [5.74, 6) is 1.08. The first-order valence-electron chi connectivity index (χ1n) is 5.47. The average Bonchev–Trinajstić information content (AvgIpc) is 2.26. The van der Waals surface area contributed by atoms with E-state index in [1.54, 1.807) is 12.3 Å². The maximum Gasteiger partial charge on any atom is 0.231 e. The average molecular weight is 228 g/mol. The van der Waals surface area contributed by atoms with Crippen molar-refractivity contribution in [3.63, 3.8) is 0 Å². The molecule has 1 heterocycles. The summed E-state index contributed by atoms with van der Waals surface area (Å²) in [4.78, 5) is 10.3. The Balaban J connectivity index is 2.39. The molecular formula is C13H16N4. The zero-order valence-electron chi connectivity index (χ0n) is 10.3. The third-order valence-corrected chi connectivity index (χ3v) is 2.56. The molecule has 0 fully saturated rings. The largest absolute Gasteiger partial charge is 0.384 e. The summed E-state index contributed by atoms with van der Waals surface area (Å²) in [6, 6.07) is 8.01. The normalized spacial score (nSPS) is 10.3. The van der Waals surface area contributed by atoms with Gasteiger partial charge < -0.3 is 10.6 Å². The Morgan fingerprint density at radius 3 is 2.35 bits per heavy atom. The van der Waals surface area contributed by atoms with Crippen molar-refractivity contribution in [1.82, 2.24) is 9.97 Å². The number of aryl methyl sites for hydroxylation is 2. The molecule has 0 bridgehead atoms. The highest BCUT2D eigenvalue weighted by Crippen LogP contribution is 2.22. The zero-order chi connectivity index (χ0) is 12.4. The van der Waals surface area contributed by atoms with Gasteiger partial charge >= 0.3 is 0 Å². The SMILES string of the molecule is Cc1cc(C)cc(N(C)c2nccc(N)n2)c1. The van der Waals surface area contributed by atoms with Crippen LogP contribution in [0, 0.1) is 13.8 Å². The number of benzene rings is 1. The van der Waals surface area contributed by atoms with Crippen molar-refractivity contribution in [1.29, 1.82) is 0 Å². The van der Waals surface area contributed by atoms with E-state index in [9.17, 15) is 0 Å². The lowest BCUT2D eigenvalue weighted by atomic mass is 10.1. The smallest absolute Gasteiger partial charge is 0.231 e. The van der Waals surface area contributed by atoms with Crippen LogP contribution in [0.3, 0.4) is 0 Å². The molecule has 0 unspecified atom stereocenters. The molecule has 0 radical (unpaired) electrons. The van der Waals surface area contributed by atoms with Crippen molar-refractivity contribution in [3.05, 3.63) is 41.6 Å². The van der Waals surface area contributed by atoms with Gasteiger partial charge in [-0.15, -0.1) is 0 Å². The van der Waals surface area contributed by atoms with Crippen LogP contribution in [0.25, 0.3) is 0 Å². The summed E-state index contributed by atoms with van der Waals surface area (Å²) in [6.45, 7) is 4.15. The summed E-state index contributed by atoms with van der Waals surface area (Å²) in [6.07, 6.45) is 1.66. The first-order valence-corrected chi connectivity index (χ1v) is 5.47. The summed E-state index contributed by atoms with van der Waals surface area (Å²) in [5.41, 5.74) is 9.16. The van der Waals surface area contributed by atoms with Crippen molar-refractivity contribution < 1.29 is 0 Å². The molecule has 2 N–H and O–H groups in total. The van der Waals surface area contributed by atoms with Crippen LogP contribution in [-0.4, -0.2) is 17.0 Å². The lowest BCUT2D eigenvalue weighted by molar-refractivity contribution is 1.04. The molecule has 0 aliphatic rings. The maximum atomic E-state index is 5.66. The van der Waals surface area contributed by atoms with Gasteiger partial charge in [-0.2, -0.15) is 4.98 Å². The highest BCUT2D eigenvalue weighted by molar-refractivity contribution is 5.59. The Hall–Kier alpha value is -2.10. The molecule has 1 aromatic carbocycles. The number of anilines is 3. The van der Waals surface area contributed by atoms with Crippen molar-refractivity contribution in [2.45, 2.75) is 13.8 Å². The predicted molar refractivity (Wildman–Crippen MR) is 70.4 cm³/mol. The molecule has 0 saturated carbocycles. The van der Waals surface area contributed by atoms with E-state index in [2.05, 4.69) is 42.0 Å². The highest BCUT2D eigenvalue weighted by Gasteiger charge is 2.07. The first-order chi connectivity index (χ1) is 8.06. The second-order valence-corrected chi connectivity index (χ2v) is 4.19. The maximum absolute atomic E-state index is 5.66. The standard InChI is InChI=1S/C13H16N4/c1-9-6-10(2)8-11(7-9)17(3)13-15-5-4-12(14)16-13/h4-8H,1-3H3,(H2,14,15,16). The molecule has 17 heavy (non-hydrogen) atoms. The molecule has 4 heteroatoms. The minimum atomic E-state index is 0.478. The van der Waals surface area contributed by atoms with E-state index in [1.165, 1.54) is 11.1 Å². The van der Waals surface area contributed by atoms with Gasteiger partial charge in [0.05, 0.1) is 0 Å². The van der Waals surface area contributed by atoms with Gasteiger partial charge in [-0.1, -0.05) is 6.07 Å². The third-order valence-electron chi connectivity index (χ3n) is 2.56. The Morgan fingerprint density at radius 1 is 1.12 bits per heavy atom. The Labute approximate surface area is 101 Å². The number of aromatic nitrogens is 2. The summed E-state index contributed by atoms with van der Waals surface area (Å²) in [5, 5.41) is 0. The molecule has 0 saturated heterocycles. The third kappa shape index (κ3) is 2.53. The highest BCUT2D eigenvalue weighted by atomic mass is 15.2. The second-order valence-electron chi connectivity index (χ2n) is 4.19. The topological polar surface area (TPSA) is 55.0 Å². The molecule has 88 valence electrons. The summed E-state index contributed by atoms with van der Waals surface area (Å²) >= 11 is 0. The van der Waals surface area contributed by atoms with Gasteiger partial charge in [-0.3, -0.25) is 0 Å². The molecule has 2 rings (SSSR count). The van der Waals surface area contributed by atoms with Crippen LogP contribution < -0.4 is 10.6 Å². The molecule has 0 aliphatic heterocycles. The van der Waals surface area contributed by atoms with Crippen LogP contribution in [0.1, 0.15) is 11.1 Å². The number of nitrogen functional groups attached to an aromatic ring is 1. The van der Waals surface area contributed by atoms with Crippen LogP contribution in [-0.2, 0) is 0 Å². The van der Waals surface area contributed by atoms with E-state index in [4.69, 9.17) is 5.73 Å². The van der Waals surface area contributed by atoms with Gasteiger partial charge in [0, 0.05) is 18.9 Å². The van der Waals surface area contributed by atoms with Crippen molar-refractivity contribution in [2.75, 3.05) is 17.7 Å². The van der Waals surface area contributed by atoms with Gasteiger partial charge in [0.2, 0.25) is 5.95 Å². The van der Waals surface area contributed by atoms with Crippen molar-refractivity contribution in [3.8, 4) is 0 Å². The van der Waals surface area contributed by atoms with Crippen LogP contribution >= 0.6 is 0 Å². The van der Waals surface area contributed by atoms with Crippen LogP contribution in [0.15, 0.2) is 30.5 Å². The van der Waals surface area contributed by atoms with Crippen LogP contribution in [0.4, 0.5) is 17.5 Å². The monoisotopic (exact) mass is 228 g/mol. The first kappa shape index (κ1) is 11.4. The van der Waals surface area contributed by atoms with Gasteiger partial charge in [-0.25, -0.2) is 4.98 Å².